The van der Waals surface area contributed by atoms with Gasteiger partial charge in [0.25, 0.3) is 5.91 Å². The van der Waals surface area contributed by atoms with E-state index in [1.54, 1.807) is 24.1 Å². The highest BCUT2D eigenvalue weighted by Gasteiger charge is 2.36. The smallest absolute Gasteiger partial charge is 0.258 e. The minimum absolute atomic E-state index is 0.00782. The van der Waals surface area contributed by atoms with E-state index in [1.165, 1.54) is 20.2 Å². The van der Waals surface area contributed by atoms with Crippen LogP contribution in [0.15, 0.2) is 51.8 Å². The molecular formula is C21H25BrN2O4S. The van der Waals surface area contributed by atoms with Crippen molar-refractivity contribution in [2.75, 3.05) is 26.1 Å². The Hall–Kier alpha value is -1.90. The predicted octanol–water partition coefficient (Wildman–Crippen LogP) is 4.15. The van der Waals surface area contributed by atoms with Crippen molar-refractivity contribution in [3.8, 4) is 5.75 Å². The highest BCUT2D eigenvalue weighted by molar-refractivity contribution is 9.10. The highest BCUT2D eigenvalue weighted by atomic mass is 79.9. The van der Waals surface area contributed by atoms with Crippen LogP contribution in [0.4, 0.5) is 5.69 Å². The summed E-state index contributed by atoms with van der Waals surface area (Å²) in [5.74, 6) is 0.932. The Labute approximate surface area is 180 Å². The second-order valence-electron chi connectivity index (χ2n) is 7.38. The van der Waals surface area contributed by atoms with E-state index in [-0.39, 0.29) is 16.8 Å². The molecule has 29 heavy (non-hydrogen) atoms. The molecule has 156 valence electrons. The zero-order valence-electron chi connectivity index (χ0n) is 16.9. The van der Waals surface area contributed by atoms with Gasteiger partial charge >= 0.3 is 0 Å². The number of carbonyl (C=O) groups is 1. The molecule has 0 spiro atoms. The number of methoxy groups -OCH3 is 1. The largest absolute Gasteiger partial charge is 0.497 e. The SMILES string of the molecule is COc1ccc(N(C(=O)c2ccc(Br)c(S(=O)(=O)N(C)C)c2)C(C)C2CC2)cc1. The minimum Gasteiger partial charge on any atom is -0.497 e. The van der Waals surface area contributed by atoms with Gasteiger partial charge in [-0.1, -0.05) is 0 Å². The standard InChI is InChI=1S/C21H25BrN2O4S/c1-14(15-5-6-15)24(17-8-10-18(28-4)11-9-17)21(25)16-7-12-19(22)20(13-16)29(26,27)23(2)3/h7-15H,5-6H2,1-4H3. The van der Waals surface area contributed by atoms with E-state index in [0.717, 1.165) is 22.8 Å². The molecule has 3 rings (SSSR count). The lowest BCUT2D eigenvalue weighted by molar-refractivity contribution is 0.0975. The predicted molar refractivity (Wildman–Crippen MR) is 117 cm³/mol. The van der Waals surface area contributed by atoms with Gasteiger partial charge in [0.1, 0.15) is 5.75 Å². The molecule has 0 heterocycles. The van der Waals surface area contributed by atoms with Crippen LogP contribution in [0.2, 0.25) is 0 Å². The van der Waals surface area contributed by atoms with Crippen LogP contribution in [0.25, 0.3) is 0 Å². The molecule has 1 aliphatic carbocycles. The fourth-order valence-corrected chi connectivity index (χ4v) is 5.08. The Morgan fingerprint density at radius 1 is 1.14 bits per heavy atom. The van der Waals surface area contributed by atoms with Crippen molar-refractivity contribution >= 4 is 37.5 Å². The van der Waals surface area contributed by atoms with Crippen molar-refractivity contribution in [3.63, 3.8) is 0 Å². The van der Waals surface area contributed by atoms with E-state index in [4.69, 9.17) is 4.74 Å². The first-order valence-electron chi connectivity index (χ1n) is 9.36. The van der Waals surface area contributed by atoms with Crippen molar-refractivity contribution in [2.45, 2.75) is 30.7 Å². The Bertz CT molecular complexity index is 1000. The molecular weight excluding hydrogens is 456 g/mol. The molecule has 0 aromatic heterocycles. The summed E-state index contributed by atoms with van der Waals surface area (Å²) >= 11 is 3.30. The van der Waals surface area contributed by atoms with Crippen LogP contribution < -0.4 is 9.64 Å². The number of carbonyl (C=O) groups excluding carboxylic acids is 1. The number of hydrogen-bond acceptors (Lipinski definition) is 4. The number of rotatable bonds is 7. The number of halogens is 1. The van der Waals surface area contributed by atoms with Crippen LogP contribution in [0.5, 0.6) is 5.75 Å². The Morgan fingerprint density at radius 2 is 1.76 bits per heavy atom. The number of sulfonamides is 1. The average Bonchev–Trinajstić information content (AvgIpc) is 3.54. The first kappa shape index (κ1) is 21.8. The molecule has 6 nitrogen and oxygen atoms in total. The van der Waals surface area contributed by atoms with Gasteiger partial charge in [-0.25, -0.2) is 12.7 Å². The Morgan fingerprint density at radius 3 is 2.28 bits per heavy atom. The number of amides is 1. The van der Waals surface area contributed by atoms with Gasteiger partial charge in [-0.05, 0) is 84.1 Å². The highest BCUT2D eigenvalue weighted by Crippen LogP contribution is 2.38. The minimum atomic E-state index is -3.69. The quantitative estimate of drug-likeness (QED) is 0.596. The summed E-state index contributed by atoms with van der Waals surface area (Å²) in [6.07, 6.45) is 2.17. The van der Waals surface area contributed by atoms with Crippen LogP contribution in [0.1, 0.15) is 30.1 Å². The number of nitrogens with zero attached hydrogens (tertiary/aromatic N) is 2. The molecule has 1 amide bonds. The Balaban J connectivity index is 2.04. The zero-order chi connectivity index (χ0) is 21.3. The topological polar surface area (TPSA) is 66.9 Å². The summed E-state index contributed by atoms with van der Waals surface area (Å²) in [6.45, 7) is 2.04. The number of hydrogen-bond donors (Lipinski definition) is 0. The van der Waals surface area contributed by atoms with E-state index < -0.39 is 10.0 Å². The summed E-state index contributed by atoms with van der Waals surface area (Å²) < 4.78 is 32.1. The van der Waals surface area contributed by atoms with E-state index in [2.05, 4.69) is 15.9 Å². The van der Waals surface area contributed by atoms with Crippen molar-refractivity contribution in [1.82, 2.24) is 4.31 Å². The molecule has 0 aliphatic heterocycles. The van der Waals surface area contributed by atoms with Gasteiger partial charge in [-0.2, -0.15) is 0 Å². The third-order valence-electron chi connectivity index (χ3n) is 5.22. The normalized spacial score (nSPS) is 15.2. The molecule has 1 fully saturated rings. The summed E-state index contributed by atoms with van der Waals surface area (Å²) in [4.78, 5) is 15.3. The van der Waals surface area contributed by atoms with Crippen molar-refractivity contribution in [1.29, 1.82) is 0 Å². The Kier molecular flexibility index (Phi) is 6.36. The number of anilines is 1. The monoisotopic (exact) mass is 480 g/mol. The van der Waals surface area contributed by atoms with Gasteiger partial charge in [-0.3, -0.25) is 4.79 Å². The second kappa shape index (κ2) is 8.45. The van der Waals surface area contributed by atoms with Gasteiger partial charge in [-0.15, -0.1) is 0 Å². The van der Waals surface area contributed by atoms with E-state index >= 15 is 0 Å². The first-order chi connectivity index (χ1) is 13.7. The lowest BCUT2D eigenvalue weighted by Crippen LogP contribution is -2.40. The molecule has 1 unspecified atom stereocenters. The zero-order valence-corrected chi connectivity index (χ0v) is 19.3. The molecule has 8 heteroatoms. The number of benzene rings is 2. The van der Waals surface area contributed by atoms with Crippen molar-refractivity contribution in [2.24, 2.45) is 5.92 Å². The molecule has 2 aromatic carbocycles. The van der Waals surface area contributed by atoms with Crippen molar-refractivity contribution < 1.29 is 17.9 Å². The molecule has 0 N–H and O–H groups in total. The summed E-state index contributed by atoms with van der Waals surface area (Å²) in [5.41, 5.74) is 1.09. The maximum atomic E-state index is 13.5. The second-order valence-corrected chi connectivity index (χ2v) is 10.4. The molecule has 0 bridgehead atoms. The molecule has 0 radical (unpaired) electrons. The van der Waals surface area contributed by atoms with Gasteiger partial charge in [0.05, 0.1) is 12.0 Å². The summed E-state index contributed by atoms with van der Waals surface area (Å²) in [7, 11) is 0.843. The lowest BCUT2D eigenvalue weighted by Gasteiger charge is -2.30. The van der Waals surface area contributed by atoms with Crippen LogP contribution in [0.3, 0.4) is 0 Å². The van der Waals surface area contributed by atoms with Crippen LogP contribution >= 0.6 is 15.9 Å². The fourth-order valence-electron chi connectivity index (χ4n) is 3.24. The van der Waals surface area contributed by atoms with E-state index in [1.807, 2.05) is 31.2 Å². The third kappa shape index (κ3) is 4.49. The van der Waals surface area contributed by atoms with E-state index in [9.17, 15) is 13.2 Å². The molecule has 1 atom stereocenters. The third-order valence-corrected chi connectivity index (χ3v) is 8.03. The maximum Gasteiger partial charge on any atom is 0.258 e. The molecule has 1 saturated carbocycles. The van der Waals surface area contributed by atoms with Crippen LogP contribution in [0, 0.1) is 5.92 Å². The summed E-state index contributed by atoms with van der Waals surface area (Å²) in [6, 6.07) is 12.1. The number of ether oxygens (including phenoxy) is 1. The molecule has 2 aromatic rings. The maximum absolute atomic E-state index is 13.5. The lowest BCUT2D eigenvalue weighted by atomic mass is 10.1. The van der Waals surface area contributed by atoms with Gasteiger partial charge in [0, 0.05) is 35.9 Å². The van der Waals surface area contributed by atoms with E-state index in [0.29, 0.717) is 21.7 Å². The first-order valence-corrected chi connectivity index (χ1v) is 11.6. The van der Waals surface area contributed by atoms with Gasteiger partial charge in [0.15, 0.2) is 0 Å². The molecule has 0 saturated heterocycles. The molecule has 1 aliphatic rings. The average molecular weight is 481 g/mol. The van der Waals surface area contributed by atoms with Crippen molar-refractivity contribution in [3.05, 3.63) is 52.5 Å². The fraction of sp³-hybridized carbons (Fsp3) is 0.381. The summed E-state index contributed by atoms with van der Waals surface area (Å²) in [5, 5.41) is 0. The van der Waals surface area contributed by atoms with Gasteiger partial charge in [0.2, 0.25) is 10.0 Å². The van der Waals surface area contributed by atoms with Gasteiger partial charge < -0.3 is 9.64 Å². The van der Waals surface area contributed by atoms with Crippen LogP contribution in [-0.4, -0.2) is 45.9 Å². The van der Waals surface area contributed by atoms with Crippen LogP contribution in [-0.2, 0) is 10.0 Å².